The number of ether oxygens (including phenoxy) is 1. The second-order valence-corrected chi connectivity index (χ2v) is 9.02. The van der Waals surface area contributed by atoms with Gasteiger partial charge in [0, 0.05) is 23.9 Å². The fourth-order valence-corrected chi connectivity index (χ4v) is 3.22. The maximum Gasteiger partial charge on any atom is 0.217 e. The number of primary amides is 1. The van der Waals surface area contributed by atoms with Crippen LogP contribution in [0.5, 0.6) is 0 Å². The predicted molar refractivity (Wildman–Crippen MR) is 95.1 cm³/mol. The van der Waals surface area contributed by atoms with Crippen molar-refractivity contribution in [3.8, 4) is 0 Å². The highest BCUT2D eigenvalue weighted by molar-refractivity contribution is 5.89. The maximum atomic E-state index is 12.9. The number of amides is 1. The summed E-state index contributed by atoms with van der Waals surface area (Å²) in [6.45, 7) is 16.8. The minimum atomic E-state index is -0.418. The third-order valence-electron chi connectivity index (χ3n) is 4.34. The summed E-state index contributed by atoms with van der Waals surface area (Å²) in [5.41, 5.74) is 4.05. The highest BCUT2D eigenvalue weighted by Gasteiger charge is 2.39. The third kappa shape index (κ3) is 8.50. The number of rotatable bonds is 11. The van der Waals surface area contributed by atoms with Crippen LogP contribution in [-0.2, 0) is 14.3 Å². The Balaban J connectivity index is 4.57. The summed E-state index contributed by atoms with van der Waals surface area (Å²) in [6.07, 6.45) is 2.47. The van der Waals surface area contributed by atoms with Crippen LogP contribution in [-0.4, -0.2) is 23.9 Å². The smallest absolute Gasteiger partial charge is 0.217 e. The van der Waals surface area contributed by atoms with Crippen molar-refractivity contribution in [1.82, 2.24) is 0 Å². The molecule has 0 bridgehead atoms. The highest BCUT2D eigenvalue weighted by Crippen LogP contribution is 2.37. The Morgan fingerprint density at radius 2 is 1.48 bits per heavy atom. The minimum absolute atomic E-state index is 0.289. The van der Waals surface area contributed by atoms with E-state index in [1.54, 1.807) is 0 Å². The van der Waals surface area contributed by atoms with Crippen LogP contribution in [0.3, 0.4) is 0 Å². The van der Waals surface area contributed by atoms with Gasteiger partial charge in [-0.05, 0) is 39.0 Å². The van der Waals surface area contributed by atoms with Crippen molar-refractivity contribution in [2.75, 3.05) is 6.61 Å². The van der Waals surface area contributed by atoms with Gasteiger partial charge in [-0.15, -0.1) is 0 Å². The number of nitrogens with two attached hydrogens (primary N) is 1. The third-order valence-corrected chi connectivity index (χ3v) is 4.34. The highest BCUT2D eigenvalue weighted by atomic mass is 16.5. The summed E-state index contributed by atoms with van der Waals surface area (Å²) < 4.78 is 5.90. The van der Waals surface area contributed by atoms with E-state index < -0.39 is 11.0 Å². The van der Waals surface area contributed by atoms with Crippen LogP contribution in [0.1, 0.15) is 81.1 Å². The molecule has 136 valence electrons. The van der Waals surface area contributed by atoms with E-state index in [9.17, 15) is 9.59 Å². The molecule has 0 atom stereocenters. The molecule has 0 unspecified atom stereocenters. The normalized spacial score (nSPS) is 13.4. The van der Waals surface area contributed by atoms with E-state index in [0.29, 0.717) is 31.8 Å². The van der Waals surface area contributed by atoms with Gasteiger partial charge in [0.2, 0.25) is 5.91 Å². The van der Waals surface area contributed by atoms with Crippen molar-refractivity contribution in [2.45, 2.75) is 86.7 Å². The molecule has 2 N–H and O–H groups in total. The molecule has 0 aliphatic carbocycles. The first-order valence-electron chi connectivity index (χ1n) is 8.67. The first-order valence-corrected chi connectivity index (χ1v) is 8.67. The van der Waals surface area contributed by atoms with E-state index >= 15 is 0 Å². The topological polar surface area (TPSA) is 69.4 Å². The van der Waals surface area contributed by atoms with E-state index in [0.717, 1.165) is 6.42 Å². The molecule has 0 saturated carbocycles. The van der Waals surface area contributed by atoms with Crippen LogP contribution in [0, 0.1) is 16.7 Å². The summed E-state index contributed by atoms with van der Waals surface area (Å²) in [5, 5.41) is 0. The van der Waals surface area contributed by atoms with Gasteiger partial charge < -0.3 is 10.5 Å². The van der Waals surface area contributed by atoms with E-state index in [1.165, 1.54) is 0 Å². The van der Waals surface area contributed by atoms with E-state index in [2.05, 4.69) is 13.8 Å². The summed E-state index contributed by atoms with van der Waals surface area (Å²) in [4.78, 5) is 23.8. The predicted octanol–water partition coefficient (Wildman–Crippen LogP) is 4.10. The second-order valence-electron chi connectivity index (χ2n) is 9.02. The molecule has 4 nitrogen and oxygen atoms in total. The van der Waals surface area contributed by atoms with Gasteiger partial charge in [-0.2, -0.15) is 0 Å². The van der Waals surface area contributed by atoms with Crippen molar-refractivity contribution >= 4 is 11.7 Å². The Morgan fingerprint density at radius 1 is 0.957 bits per heavy atom. The van der Waals surface area contributed by atoms with Crippen LogP contribution in [0.4, 0.5) is 0 Å². The van der Waals surface area contributed by atoms with E-state index in [4.69, 9.17) is 10.5 Å². The van der Waals surface area contributed by atoms with Gasteiger partial charge in [-0.25, -0.2) is 0 Å². The van der Waals surface area contributed by atoms with Crippen LogP contribution >= 0.6 is 0 Å². The standard InChI is InChI=1S/C19H37NO3/c1-14(2)13-18(5,6)16(22)17(3,4)11-12-23-19(7,8)10-9-15(20)21/h14H,9-13H2,1-8H3,(H2,20,21). The van der Waals surface area contributed by atoms with Gasteiger partial charge in [0.1, 0.15) is 5.78 Å². The zero-order chi connectivity index (χ0) is 18.5. The van der Waals surface area contributed by atoms with Crippen LogP contribution in [0.15, 0.2) is 0 Å². The van der Waals surface area contributed by atoms with Gasteiger partial charge in [0.25, 0.3) is 0 Å². The van der Waals surface area contributed by atoms with Gasteiger partial charge in [-0.3, -0.25) is 9.59 Å². The molecule has 0 aromatic heterocycles. The molecule has 0 aliphatic heterocycles. The van der Waals surface area contributed by atoms with Crippen molar-refractivity contribution in [3.05, 3.63) is 0 Å². The molecule has 0 heterocycles. The zero-order valence-corrected chi connectivity index (χ0v) is 16.4. The number of carbonyl (C=O) groups excluding carboxylic acids is 2. The quantitative estimate of drug-likeness (QED) is 0.621. The van der Waals surface area contributed by atoms with Crippen molar-refractivity contribution in [1.29, 1.82) is 0 Å². The Labute approximate surface area is 142 Å². The number of hydrogen-bond acceptors (Lipinski definition) is 3. The van der Waals surface area contributed by atoms with Gasteiger partial charge >= 0.3 is 0 Å². The molecule has 0 aliphatic rings. The van der Waals surface area contributed by atoms with Gasteiger partial charge in [0.05, 0.1) is 5.60 Å². The average Bonchev–Trinajstić information content (AvgIpc) is 2.33. The lowest BCUT2D eigenvalue weighted by atomic mass is 9.69. The molecule has 23 heavy (non-hydrogen) atoms. The number of carbonyl (C=O) groups is 2. The molecule has 0 aromatic rings. The van der Waals surface area contributed by atoms with Crippen molar-refractivity contribution < 1.29 is 14.3 Å². The molecule has 0 radical (unpaired) electrons. The lowest BCUT2D eigenvalue weighted by Crippen LogP contribution is -2.39. The second kappa shape index (κ2) is 8.27. The summed E-state index contributed by atoms with van der Waals surface area (Å²) in [7, 11) is 0. The fraction of sp³-hybridized carbons (Fsp3) is 0.895. The monoisotopic (exact) mass is 327 g/mol. The molecule has 0 spiro atoms. The Hall–Kier alpha value is -0.900. The first kappa shape index (κ1) is 22.1. The van der Waals surface area contributed by atoms with Gasteiger partial charge in [-0.1, -0.05) is 41.5 Å². The van der Waals surface area contributed by atoms with Crippen LogP contribution in [0.2, 0.25) is 0 Å². The van der Waals surface area contributed by atoms with Crippen LogP contribution < -0.4 is 5.73 Å². The Bertz CT molecular complexity index is 409. The summed E-state index contributed by atoms with van der Waals surface area (Å²) in [6, 6.07) is 0. The molecular formula is C19H37NO3. The molecular weight excluding hydrogens is 290 g/mol. The molecule has 0 aromatic carbocycles. The average molecular weight is 328 g/mol. The van der Waals surface area contributed by atoms with Crippen molar-refractivity contribution in [3.63, 3.8) is 0 Å². The Morgan fingerprint density at radius 3 is 1.91 bits per heavy atom. The molecule has 4 heteroatoms. The lowest BCUT2D eigenvalue weighted by Gasteiger charge is -2.35. The molecule has 1 amide bonds. The van der Waals surface area contributed by atoms with Crippen molar-refractivity contribution in [2.24, 2.45) is 22.5 Å². The SMILES string of the molecule is CC(C)CC(C)(C)C(=O)C(C)(C)CCOC(C)(C)CCC(N)=O. The number of ketones is 1. The Kier molecular flexibility index (Phi) is 7.95. The largest absolute Gasteiger partial charge is 0.376 e. The maximum absolute atomic E-state index is 12.9. The van der Waals surface area contributed by atoms with Crippen LogP contribution in [0.25, 0.3) is 0 Å². The minimum Gasteiger partial charge on any atom is -0.376 e. The molecule has 0 fully saturated rings. The summed E-state index contributed by atoms with van der Waals surface area (Å²) >= 11 is 0. The zero-order valence-electron chi connectivity index (χ0n) is 16.4. The van der Waals surface area contributed by atoms with Gasteiger partial charge in [0.15, 0.2) is 0 Å². The fourth-order valence-electron chi connectivity index (χ4n) is 3.22. The molecule has 0 saturated heterocycles. The number of Topliss-reactive ketones (excluding diaryl/α,β-unsaturated/α-hetero) is 1. The lowest BCUT2D eigenvalue weighted by molar-refractivity contribution is -0.138. The van der Waals surface area contributed by atoms with E-state index in [-0.39, 0.29) is 17.1 Å². The number of hydrogen-bond donors (Lipinski definition) is 1. The summed E-state index contributed by atoms with van der Waals surface area (Å²) in [5.74, 6) is 0.471. The van der Waals surface area contributed by atoms with E-state index in [1.807, 2.05) is 41.5 Å². The first-order chi connectivity index (χ1) is 10.2. The molecule has 0 rings (SSSR count).